The van der Waals surface area contributed by atoms with Gasteiger partial charge < -0.3 is 15.0 Å². The van der Waals surface area contributed by atoms with Gasteiger partial charge in [-0.25, -0.2) is 9.59 Å². The van der Waals surface area contributed by atoms with E-state index in [1.165, 1.54) is 10.5 Å². The van der Waals surface area contributed by atoms with Crippen LogP contribution in [0.1, 0.15) is 37.9 Å². The van der Waals surface area contributed by atoms with E-state index < -0.39 is 12.0 Å². The molecule has 0 saturated heterocycles. The molecule has 0 radical (unpaired) electrons. The molecule has 1 N–H and O–H groups in total. The van der Waals surface area contributed by atoms with Gasteiger partial charge in [-0.15, -0.1) is 0 Å². The predicted octanol–water partition coefficient (Wildman–Crippen LogP) is 2.78. The summed E-state index contributed by atoms with van der Waals surface area (Å²) in [7, 11) is 1.64. The monoisotopic (exact) mass is 302 g/mol. The van der Waals surface area contributed by atoms with Crippen molar-refractivity contribution in [3.05, 3.63) is 46.7 Å². The molecule has 2 amide bonds. The molecular weight excluding hydrogens is 280 g/mol. The highest BCUT2D eigenvalue weighted by Crippen LogP contribution is 2.30. The molecule has 5 heteroatoms. The van der Waals surface area contributed by atoms with Gasteiger partial charge in [0.05, 0.1) is 18.2 Å². The highest BCUT2D eigenvalue weighted by atomic mass is 16.5. The number of amides is 2. The van der Waals surface area contributed by atoms with Crippen LogP contribution in [-0.2, 0) is 16.0 Å². The van der Waals surface area contributed by atoms with Crippen molar-refractivity contribution in [2.24, 2.45) is 0 Å². The van der Waals surface area contributed by atoms with Crippen molar-refractivity contribution in [2.75, 3.05) is 13.7 Å². The molecule has 5 nitrogen and oxygen atoms in total. The Balaban J connectivity index is 2.45. The van der Waals surface area contributed by atoms with Crippen LogP contribution >= 0.6 is 0 Å². The average molecular weight is 302 g/mol. The maximum Gasteiger partial charge on any atom is 0.338 e. The molecule has 0 aliphatic carbocycles. The van der Waals surface area contributed by atoms with Gasteiger partial charge in [-0.05, 0) is 31.4 Å². The van der Waals surface area contributed by atoms with Crippen molar-refractivity contribution in [1.29, 1.82) is 0 Å². The molecule has 0 unspecified atom stereocenters. The first kappa shape index (κ1) is 16.1. The fourth-order valence-electron chi connectivity index (χ4n) is 2.50. The van der Waals surface area contributed by atoms with Crippen LogP contribution in [0.2, 0.25) is 0 Å². The Morgan fingerprint density at radius 2 is 1.91 bits per heavy atom. The van der Waals surface area contributed by atoms with Crippen LogP contribution in [0.5, 0.6) is 0 Å². The van der Waals surface area contributed by atoms with Crippen LogP contribution in [-0.4, -0.2) is 30.6 Å². The third-order valence-electron chi connectivity index (χ3n) is 3.97. The lowest BCUT2D eigenvalue weighted by Crippen LogP contribution is -2.46. The van der Waals surface area contributed by atoms with Crippen molar-refractivity contribution in [3.8, 4) is 0 Å². The first-order chi connectivity index (χ1) is 10.5. The molecule has 0 bridgehead atoms. The quantitative estimate of drug-likeness (QED) is 0.870. The van der Waals surface area contributed by atoms with Gasteiger partial charge in [-0.3, -0.25) is 0 Å². The summed E-state index contributed by atoms with van der Waals surface area (Å²) in [6.45, 7) is 5.91. The van der Waals surface area contributed by atoms with E-state index in [1.54, 1.807) is 20.9 Å². The lowest BCUT2D eigenvalue weighted by atomic mass is 9.94. The van der Waals surface area contributed by atoms with Gasteiger partial charge >= 0.3 is 12.0 Å². The zero-order chi connectivity index (χ0) is 16.3. The molecule has 1 aromatic carbocycles. The van der Waals surface area contributed by atoms with Crippen LogP contribution in [0.4, 0.5) is 4.79 Å². The molecule has 0 aromatic heterocycles. The zero-order valence-electron chi connectivity index (χ0n) is 13.5. The number of esters is 1. The van der Waals surface area contributed by atoms with Crippen molar-refractivity contribution in [3.63, 3.8) is 0 Å². The molecule has 1 heterocycles. The molecule has 22 heavy (non-hydrogen) atoms. The summed E-state index contributed by atoms with van der Waals surface area (Å²) >= 11 is 0. The summed E-state index contributed by atoms with van der Waals surface area (Å²) in [4.78, 5) is 25.8. The predicted molar refractivity (Wildman–Crippen MR) is 84.2 cm³/mol. The van der Waals surface area contributed by atoms with Crippen molar-refractivity contribution in [2.45, 2.75) is 33.2 Å². The molecule has 118 valence electrons. The van der Waals surface area contributed by atoms with Gasteiger partial charge in [0.25, 0.3) is 0 Å². The molecule has 0 fully saturated rings. The zero-order valence-corrected chi connectivity index (χ0v) is 13.5. The topological polar surface area (TPSA) is 58.6 Å². The Hall–Kier alpha value is -2.30. The lowest BCUT2D eigenvalue weighted by molar-refractivity contribution is -0.139. The number of allylic oxidation sites excluding steroid dienone is 1. The summed E-state index contributed by atoms with van der Waals surface area (Å²) in [5, 5.41) is 2.87. The average Bonchev–Trinajstić information content (AvgIpc) is 2.52. The molecule has 1 aliphatic rings. The lowest BCUT2D eigenvalue weighted by Gasteiger charge is -2.33. The second-order valence-electron chi connectivity index (χ2n) is 5.26. The van der Waals surface area contributed by atoms with E-state index in [9.17, 15) is 9.59 Å². The van der Waals surface area contributed by atoms with Crippen LogP contribution in [0.15, 0.2) is 35.5 Å². The number of carbonyl (C=O) groups is 2. The summed E-state index contributed by atoms with van der Waals surface area (Å²) in [6.07, 6.45) is 0.944. The smallest absolute Gasteiger partial charge is 0.338 e. The van der Waals surface area contributed by atoms with Gasteiger partial charge in [0.2, 0.25) is 0 Å². The number of aryl methyl sites for hydroxylation is 1. The van der Waals surface area contributed by atoms with Crippen LogP contribution < -0.4 is 5.32 Å². The number of nitrogens with zero attached hydrogens (tertiary/aromatic N) is 1. The van der Waals surface area contributed by atoms with E-state index in [-0.39, 0.29) is 6.03 Å². The largest absolute Gasteiger partial charge is 0.463 e. The van der Waals surface area contributed by atoms with Gasteiger partial charge in [0.1, 0.15) is 0 Å². The number of rotatable bonds is 4. The second-order valence-corrected chi connectivity index (χ2v) is 5.26. The Kier molecular flexibility index (Phi) is 4.85. The van der Waals surface area contributed by atoms with Gasteiger partial charge in [0.15, 0.2) is 0 Å². The Morgan fingerprint density at radius 1 is 1.27 bits per heavy atom. The van der Waals surface area contributed by atoms with E-state index in [2.05, 4.69) is 12.2 Å². The number of benzene rings is 1. The van der Waals surface area contributed by atoms with Crippen molar-refractivity contribution in [1.82, 2.24) is 10.2 Å². The maximum absolute atomic E-state index is 12.3. The van der Waals surface area contributed by atoms with E-state index in [0.29, 0.717) is 17.9 Å². The number of carbonyl (C=O) groups excluding carboxylic acids is 2. The van der Waals surface area contributed by atoms with Crippen molar-refractivity contribution >= 4 is 12.0 Å². The minimum Gasteiger partial charge on any atom is -0.463 e. The first-order valence-electron chi connectivity index (χ1n) is 7.50. The fourth-order valence-corrected chi connectivity index (χ4v) is 2.50. The molecule has 1 aromatic rings. The summed E-state index contributed by atoms with van der Waals surface area (Å²) < 4.78 is 5.16. The highest BCUT2D eigenvalue weighted by molar-refractivity contribution is 5.94. The summed E-state index contributed by atoms with van der Waals surface area (Å²) in [5.74, 6) is -0.392. The highest BCUT2D eigenvalue weighted by Gasteiger charge is 2.34. The minimum absolute atomic E-state index is 0.227. The number of ether oxygens (including phenoxy) is 1. The third-order valence-corrected chi connectivity index (χ3v) is 3.97. The third kappa shape index (κ3) is 2.98. The molecule has 1 atom stereocenters. The molecule has 0 spiro atoms. The number of hydrogen-bond acceptors (Lipinski definition) is 3. The fraction of sp³-hybridized carbons (Fsp3) is 0.412. The Labute approximate surface area is 130 Å². The van der Waals surface area contributed by atoms with E-state index >= 15 is 0 Å². The van der Waals surface area contributed by atoms with Gasteiger partial charge in [-0.2, -0.15) is 0 Å². The van der Waals surface area contributed by atoms with E-state index in [1.807, 2.05) is 24.3 Å². The molecule has 1 aliphatic heterocycles. The normalized spacial score (nSPS) is 18.3. The van der Waals surface area contributed by atoms with Gasteiger partial charge in [0, 0.05) is 12.7 Å². The summed E-state index contributed by atoms with van der Waals surface area (Å²) in [5.41, 5.74) is 3.18. The number of hydrogen-bond donors (Lipinski definition) is 1. The van der Waals surface area contributed by atoms with Crippen LogP contribution in [0.3, 0.4) is 0 Å². The van der Waals surface area contributed by atoms with E-state index in [0.717, 1.165) is 12.0 Å². The van der Waals surface area contributed by atoms with Crippen LogP contribution in [0.25, 0.3) is 0 Å². The van der Waals surface area contributed by atoms with Crippen LogP contribution in [0, 0.1) is 0 Å². The molecule has 2 rings (SSSR count). The molecular formula is C17H22N2O3. The minimum atomic E-state index is -0.478. The Morgan fingerprint density at radius 3 is 2.45 bits per heavy atom. The first-order valence-corrected chi connectivity index (χ1v) is 7.50. The standard InChI is InChI=1S/C17H22N2O3/c1-5-12-7-9-13(10-8-12)15-14(16(20)22-6-2)11(3)19(4)17(21)18-15/h7-10,15H,5-6H2,1-4H3,(H,18,21)/t15-/m1/s1. The number of nitrogens with one attached hydrogen (secondary N) is 1. The molecule has 0 saturated carbocycles. The summed E-state index contributed by atoms with van der Waals surface area (Å²) in [6, 6.07) is 7.21. The second kappa shape index (κ2) is 6.64. The van der Waals surface area contributed by atoms with E-state index in [4.69, 9.17) is 4.74 Å². The number of urea groups is 1. The van der Waals surface area contributed by atoms with Gasteiger partial charge in [-0.1, -0.05) is 31.2 Å². The SMILES string of the molecule is CCOC(=O)C1=C(C)N(C)C(=O)N[C@@H]1c1ccc(CC)cc1. The Bertz CT molecular complexity index is 605. The maximum atomic E-state index is 12.3. The van der Waals surface area contributed by atoms with Crippen molar-refractivity contribution < 1.29 is 14.3 Å².